The third-order valence-electron chi connectivity index (χ3n) is 2.68. The van der Waals surface area contributed by atoms with E-state index in [1.54, 1.807) is 0 Å². The van der Waals surface area contributed by atoms with Gasteiger partial charge in [0.15, 0.2) is 4.34 Å². The molecule has 1 aliphatic heterocycles. The van der Waals surface area contributed by atoms with E-state index < -0.39 is 5.97 Å². The van der Waals surface area contributed by atoms with Gasteiger partial charge in [-0.15, -0.1) is 10.2 Å². The Hall–Kier alpha value is -0.860. The molecule has 2 N–H and O–H groups in total. The summed E-state index contributed by atoms with van der Waals surface area (Å²) in [6.07, 6.45) is 0.957. The Labute approximate surface area is 113 Å². The summed E-state index contributed by atoms with van der Waals surface area (Å²) in [6, 6.07) is 0.351. The zero-order valence-electron chi connectivity index (χ0n) is 9.96. The highest BCUT2D eigenvalue weighted by Crippen LogP contribution is 2.27. The van der Waals surface area contributed by atoms with Gasteiger partial charge in [0.1, 0.15) is 0 Å². The molecule has 2 rings (SSSR count). The van der Waals surface area contributed by atoms with E-state index in [0.29, 0.717) is 16.3 Å². The molecule has 0 radical (unpaired) electrons. The predicted octanol–water partition coefficient (Wildman–Crippen LogP) is 1.55. The highest BCUT2D eigenvalue weighted by Gasteiger charge is 2.22. The van der Waals surface area contributed by atoms with Gasteiger partial charge in [-0.05, 0) is 12.3 Å². The molecule has 0 amide bonds. The molecule has 2 unspecified atom stereocenters. The molecule has 18 heavy (non-hydrogen) atoms. The van der Waals surface area contributed by atoms with Crippen molar-refractivity contribution in [3.63, 3.8) is 0 Å². The lowest BCUT2D eigenvalue weighted by Gasteiger charge is -2.29. The summed E-state index contributed by atoms with van der Waals surface area (Å²) in [4.78, 5) is 10.4. The molecule has 6 nitrogen and oxygen atoms in total. The second-order valence-corrected chi connectivity index (χ2v) is 6.35. The molecule has 2 heterocycles. The molecule has 0 saturated carbocycles. The average molecular weight is 289 g/mol. The van der Waals surface area contributed by atoms with Crippen LogP contribution in [-0.4, -0.2) is 46.3 Å². The van der Waals surface area contributed by atoms with Gasteiger partial charge in [0.25, 0.3) is 0 Å². The SMILES string of the molecule is CC1COCCC1Nc1nnc(SCC(=O)O)s1. The Morgan fingerprint density at radius 2 is 2.50 bits per heavy atom. The Balaban J connectivity index is 1.87. The number of thioether (sulfide) groups is 1. The van der Waals surface area contributed by atoms with Gasteiger partial charge in [-0.2, -0.15) is 0 Å². The molecule has 0 spiro atoms. The quantitative estimate of drug-likeness (QED) is 0.795. The third kappa shape index (κ3) is 3.82. The number of aliphatic carboxylic acids is 1. The van der Waals surface area contributed by atoms with Crippen LogP contribution in [0.5, 0.6) is 0 Å². The van der Waals surface area contributed by atoms with E-state index in [2.05, 4.69) is 22.4 Å². The summed E-state index contributed by atoms with van der Waals surface area (Å²) in [5.74, 6) is -0.386. The molecule has 1 aromatic heterocycles. The molecule has 2 atom stereocenters. The van der Waals surface area contributed by atoms with E-state index in [4.69, 9.17) is 9.84 Å². The van der Waals surface area contributed by atoms with Crippen LogP contribution in [0.15, 0.2) is 4.34 Å². The van der Waals surface area contributed by atoms with Crippen molar-refractivity contribution in [2.24, 2.45) is 5.92 Å². The molecule has 1 aromatic rings. The second kappa shape index (κ2) is 6.35. The zero-order valence-corrected chi connectivity index (χ0v) is 11.6. The van der Waals surface area contributed by atoms with Gasteiger partial charge in [-0.25, -0.2) is 0 Å². The smallest absolute Gasteiger partial charge is 0.313 e. The van der Waals surface area contributed by atoms with Gasteiger partial charge < -0.3 is 15.2 Å². The Morgan fingerprint density at radius 1 is 1.67 bits per heavy atom. The fourth-order valence-electron chi connectivity index (χ4n) is 1.70. The molecule has 1 aliphatic rings. The van der Waals surface area contributed by atoms with Crippen LogP contribution < -0.4 is 5.32 Å². The summed E-state index contributed by atoms with van der Waals surface area (Å²) < 4.78 is 6.06. The first-order valence-electron chi connectivity index (χ1n) is 5.67. The maximum absolute atomic E-state index is 10.4. The van der Waals surface area contributed by atoms with Gasteiger partial charge in [0.2, 0.25) is 5.13 Å². The summed E-state index contributed by atoms with van der Waals surface area (Å²) in [5, 5.41) is 20.7. The number of ether oxygens (including phenoxy) is 1. The normalized spacial score (nSPS) is 23.8. The standard InChI is InChI=1S/C10H15N3O3S2/c1-6-4-16-3-2-7(6)11-9-12-13-10(18-9)17-5-8(14)15/h6-7H,2-5H2,1H3,(H,11,12)(H,14,15). The Bertz CT molecular complexity index is 413. The third-order valence-corrected chi connectivity index (χ3v) is 4.65. The average Bonchev–Trinajstić information content (AvgIpc) is 2.77. The number of carboxylic acid groups (broad SMARTS) is 1. The van der Waals surface area contributed by atoms with E-state index in [1.165, 1.54) is 23.1 Å². The maximum atomic E-state index is 10.4. The van der Waals surface area contributed by atoms with Crippen LogP contribution in [0, 0.1) is 5.92 Å². The van der Waals surface area contributed by atoms with Gasteiger partial charge >= 0.3 is 5.97 Å². The van der Waals surface area contributed by atoms with Crippen LogP contribution in [0.2, 0.25) is 0 Å². The first kappa shape index (κ1) is 13.6. The minimum Gasteiger partial charge on any atom is -0.481 e. The van der Waals surface area contributed by atoms with E-state index in [9.17, 15) is 4.79 Å². The monoisotopic (exact) mass is 289 g/mol. The van der Waals surface area contributed by atoms with E-state index >= 15 is 0 Å². The van der Waals surface area contributed by atoms with E-state index in [-0.39, 0.29) is 5.75 Å². The number of carbonyl (C=O) groups is 1. The van der Waals surface area contributed by atoms with Crippen LogP contribution in [0.4, 0.5) is 5.13 Å². The predicted molar refractivity (Wildman–Crippen MR) is 70.3 cm³/mol. The van der Waals surface area contributed by atoms with Crippen molar-refractivity contribution < 1.29 is 14.6 Å². The van der Waals surface area contributed by atoms with Crippen LogP contribution in [0.25, 0.3) is 0 Å². The number of anilines is 1. The lowest BCUT2D eigenvalue weighted by atomic mass is 9.98. The highest BCUT2D eigenvalue weighted by atomic mass is 32.2. The van der Waals surface area contributed by atoms with Crippen molar-refractivity contribution >= 4 is 34.2 Å². The largest absolute Gasteiger partial charge is 0.481 e. The van der Waals surface area contributed by atoms with Gasteiger partial charge in [-0.3, -0.25) is 4.79 Å². The van der Waals surface area contributed by atoms with Crippen molar-refractivity contribution in [3.05, 3.63) is 0 Å². The number of carboxylic acids is 1. The first-order chi connectivity index (χ1) is 8.65. The van der Waals surface area contributed by atoms with Crippen molar-refractivity contribution in [1.82, 2.24) is 10.2 Å². The molecule has 8 heteroatoms. The minimum absolute atomic E-state index is 0.0162. The van der Waals surface area contributed by atoms with E-state index in [1.807, 2.05) is 0 Å². The topological polar surface area (TPSA) is 84.3 Å². The fourth-order valence-corrected chi connectivity index (χ4v) is 3.24. The number of hydrogen-bond donors (Lipinski definition) is 2. The Kier molecular flexibility index (Phi) is 4.79. The number of aromatic nitrogens is 2. The Morgan fingerprint density at radius 3 is 3.22 bits per heavy atom. The molecular weight excluding hydrogens is 274 g/mol. The zero-order chi connectivity index (χ0) is 13.0. The lowest BCUT2D eigenvalue weighted by molar-refractivity contribution is -0.133. The van der Waals surface area contributed by atoms with Crippen LogP contribution in [-0.2, 0) is 9.53 Å². The summed E-state index contributed by atoms with van der Waals surface area (Å²) in [6.45, 7) is 3.66. The number of nitrogens with zero attached hydrogens (tertiary/aromatic N) is 2. The summed E-state index contributed by atoms with van der Waals surface area (Å²) in [5.41, 5.74) is 0. The number of nitrogens with one attached hydrogen (secondary N) is 1. The molecule has 0 aliphatic carbocycles. The van der Waals surface area contributed by atoms with Crippen molar-refractivity contribution in [1.29, 1.82) is 0 Å². The molecule has 0 aromatic carbocycles. The number of rotatable bonds is 5. The number of hydrogen-bond acceptors (Lipinski definition) is 7. The maximum Gasteiger partial charge on any atom is 0.313 e. The highest BCUT2D eigenvalue weighted by molar-refractivity contribution is 8.01. The van der Waals surface area contributed by atoms with Crippen molar-refractivity contribution in [3.8, 4) is 0 Å². The van der Waals surface area contributed by atoms with Crippen LogP contribution >= 0.6 is 23.1 Å². The van der Waals surface area contributed by atoms with E-state index in [0.717, 1.165) is 24.8 Å². The van der Waals surface area contributed by atoms with Crippen molar-refractivity contribution in [2.75, 3.05) is 24.3 Å². The first-order valence-corrected chi connectivity index (χ1v) is 7.47. The fraction of sp³-hybridized carbons (Fsp3) is 0.700. The van der Waals surface area contributed by atoms with Gasteiger partial charge in [0.05, 0.1) is 12.4 Å². The molecule has 0 bridgehead atoms. The second-order valence-electron chi connectivity index (χ2n) is 4.15. The van der Waals surface area contributed by atoms with Gasteiger partial charge in [0, 0.05) is 12.6 Å². The molecule has 1 saturated heterocycles. The van der Waals surface area contributed by atoms with Crippen molar-refractivity contribution in [2.45, 2.75) is 23.7 Å². The lowest BCUT2D eigenvalue weighted by Crippen LogP contribution is -2.35. The van der Waals surface area contributed by atoms with Crippen LogP contribution in [0.3, 0.4) is 0 Å². The summed E-state index contributed by atoms with van der Waals surface area (Å²) >= 11 is 2.59. The molecule has 1 fully saturated rings. The summed E-state index contributed by atoms with van der Waals surface area (Å²) in [7, 11) is 0. The van der Waals surface area contributed by atoms with Gasteiger partial charge in [-0.1, -0.05) is 30.0 Å². The minimum atomic E-state index is -0.845. The molecular formula is C10H15N3O3S2. The van der Waals surface area contributed by atoms with Crippen LogP contribution in [0.1, 0.15) is 13.3 Å². The molecule has 100 valence electrons.